The highest BCUT2D eigenvalue weighted by Gasteiger charge is 2.34. The fraction of sp³-hybridized carbons (Fsp3) is 0.143. The predicted octanol–water partition coefficient (Wildman–Crippen LogP) is 5.05. The van der Waals surface area contributed by atoms with Gasteiger partial charge in [-0.1, -0.05) is 59.8 Å². The van der Waals surface area contributed by atoms with Gasteiger partial charge >= 0.3 is 13.8 Å². The van der Waals surface area contributed by atoms with Crippen LogP contribution in [0.15, 0.2) is 78.9 Å². The van der Waals surface area contributed by atoms with Gasteiger partial charge in [-0.15, -0.1) is 5.10 Å². The summed E-state index contributed by atoms with van der Waals surface area (Å²) < 4.78 is 42.9. The Balaban J connectivity index is 1.64. The summed E-state index contributed by atoms with van der Waals surface area (Å²) in [6, 6.07) is 23.5. The Hall–Kier alpha value is -3.09. The van der Waals surface area contributed by atoms with Gasteiger partial charge in [0.05, 0.1) is 11.6 Å². The fourth-order valence-corrected chi connectivity index (χ4v) is 3.74. The van der Waals surface area contributed by atoms with Crippen LogP contribution in [-0.2, 0) is 11.0 Å². The molecule has 0 amide bonds. The molecule has 6 nitrogen and oxygen atoms in total. The number of rotatable bonds is 7. The zero-order chi connectivity index (χ0) is 21.1. The van der Waals surface area contributed by atoms with Crippen molar-refractivity contribution in [1.82, 2.24) is 15.0 Å². The monoisotopic (exact) mass is 429 g/mol. The first-order chi connectivity index (χ1) is 14.4. The Kier molecular flexibility index (Phi) is 5.61. The van der Waals surface area contributed by atoms with Crippen molar-refractivity contribution in [3.63, 3.8) is 0 Å². The second kappa shape index (κ2) is 8.34. The zero-order valence-corrected chi connectivity index (χ0v) is 16.6. The van der Waals surface area contributed by atoms with Crippen LogP contribution in [0.25, 0.3) is 11.0 Å². The highest BCUT2D eigenvalue weighted by Crippen LogP contribution is 2.49. The van der Waals surface area contributed by atoms with Crippen LogP contribution in [0, 0.1) is 0 Å². The number of hydrogen-bond donors (Lipinski definition) is 1. The molecule has 0 saturated carbocycles. The molecule has 0 aliphatic carbocycles. The number of hydrogen-bond acceptors (Lipinski definition) is 4. The van der Waals surface area contributed by atoms with Crippen LogP contribution in [0.3, 0.4) is 0 Å². The summed E-state index contributed by atoms with van der Waals surface area (Å²) in [5.41, 5.74) is 3.59. The molecule has 4 rings (SSSR count). The van der Waals surface area contributed by atoms with Crippen molar-refractivity contribution >= 4 is 18.6 Å². The van der Waals surface area contributed by atoms with Gasteiger partial charge in [-0.25, -0.2) is 9.25 Å². The van der Waals surface area contributed by atoms with E-state index in [2.05, 4.69) is 14.8 Å². The van der Waals surface area contributed by atoms with E-state index in [1.807, 2.05) is 59.3 Å². The number of para-hydroxylation sites is 1. The molecule has 0 spiro atoms. The summed E-state index contributed by atoms with van der Waals surface area (Å²) in [5, 5.41) is 8.58. The molecule has 2 atom stereocenters. The molecule has 0 bridgehead atoms. The summed E-state index contributed by atoms with van der Waals surface area (Å²) in [5.74, 6) is -0.0904. The van der Waals surface area contributed by atoms with Crippen LogP contribution in [0.2, 0.25) is 0 Å². The average molecular weight is 429 g/mol. The second-order valence-electron chi connectivity index (χ2n) is 6.73. The van der Waals surface area contributed by atoms with Crippen LogP contribution >= 0.6 is 7.60 Å². The van der Waals surface area contributed by atoms with Gasteiger partial charge in [0.15, 0.2) is 0 Å². The van der Waals surface area contributed by atoms with Crippen LogP contribution in [0.1, 0.15) is 17.2 Å². The fourth-order valence-electron chi connectivity index (χ4n) is 3.24. The molecule has 154 valence electrons. The molecule has 30 heavy (non-hydrogen) atoms. The normalized spacial score (nSPS) is 14.5. The smallest absolute Gasteiger partial charge is 0.421 e. The third kappa shape index (κ3) is 4.25. The minimum atomic E-state index is -5.00. The minimum absolute atomic E-state index is 0.0904. The lowest BCUT2D eigenvalue weighted by Gasteiger charge is -2.19. The maximum Gasteiger partial charge on any atom is 0.442 e. The first kappa shape index (κ1) is 20.2. The topological polar surface area (TPSA) is 77.2 Å². The summed E-state index contributed by atoms with van der Waals surface area (Å²) >= 11 is 0. The standard InChI is InChI=1S/C21H18F2N3O3P/c22-21(23)30(27,28)29-17-12-10-15(11-13-17)14-20(16-6-2-1-3-7-16)26-19-9-5-4-8-18(19)24-25-26/h1-13,20-21H,14H2,(H,27,28). The van der Waals surface area contributed by atoms with Gasteiger partial charge in [0, 0.05) is 0 Å². The van der Waals surface area contributed by atoms with E-state index >= 15 is 0 Å². The van der Waals surface area contributed by atoms with Gasteiger partial charge in [0.25, 0.3) is 0 Å². The Morgan fingerprint density at radius 3 is 2.33 bits per heavy atom. The Labute approximate surface area is 171 Å². The number of benzene rings is 3. The Morgan fingerprint density at radius 2 is 1.63 bits per heavy atom. The number of nitrogens with zero attached hydrogens (tertiary/aromatic N) is 3. The molecule has 1 heterocycles. The first-order valence-corrected chi connectivity index (χ1v) is 10.8. The SMILES string of the molecule is O=P(O)(Oc1ccc(CC(c2ccccc2)n2nnc3ccccc32)cc1)C(F)F. The maximum atomic E-state index is 12.6. The lowest BCUT2D eigenvalue weighted by atomic mass is 9.98. The average Bonchev–Trinajstić information content (AvgIpc) is 3.17. The van der Waals surface area contributed by atoms with Crippen molar-refractivity contribution in [2.75, 3.05) is 0 Å². The quantitative estimate of drug-likeness (QED) is 0.416. The minimum Gasteiger partial charge on any atom is -0.421 e. The molecule has 1 aromatic heterocycles. The lowest BCUT2D eigenvalue weighted by molar-refractivity contribution is 0.188. The zero-order valence-electron chi connectivity index (χ0n) is 15.7. The van der Waals surface area contributed by atoms with Gasteiger partial charge < -0.3 is 9.42 Å². The van der Waals surface area contributed by atoms with E-state index in [1.54, 1.807) is 12.1 Å². The van der Waals surface area contributed by atoms with Gasteiger partial charge in [-0.3, -0.25) is 0 Å². The molecule has 0 fully saturated rings. The maximum absolute atomic E-state index is 12.6. The molecule has 2 unspecified atom stereocenters. The van der Waals surface area contributed by atoms with E-state index in [-0.39, 0.29) is 11.8 Å². The molecule has 0 aliphatic heterocycles. The largest absolute Gasteiger partial charge is 0.442 e. The van der Waals surface area contributed by atoms with Gasteiger partial charge in [-0.2, -0.15) is 8.78 Å². The molecule has 0 radical (unpaired) electrons. The summed E-state index contributed by atoms with van der Waals surface area (Å²) in [6.45, 7) is 0. The van der Waals surface area contributed by atoms with Crippen LogP contribution in [0.5, 0.6) is 5.75 Å². The predicted molar refractivity (Wildman–Crippen MR) is 109 cm³/mol. The first-order valence-electron chi connectivity index (χ1n) is 9.18. The second-order valence-corrected chi connectivity index (χ2v) is 8.43. The van der Waals surface area contributed by atoms with Crippen LogP contribution in [-0.4, -0.2) is 26.1 Å². The summed E-state index contributed by atoms with van der Waals surface area (Å²) in [6.07, 6.45) is -2.91. The van der Waals surface area contributed by atoms with Crippen LogP contribution in [0.4, 0.5) is 8.78 Å². The highest BCUT2D eigenvalue weighted by atomic mass is 31.2. The molecule has 9 heteroatoms. The van der Waals surface area contributed by atoms with E-state index in [4.69, 9.17) is 0 Å². The van der Waals surface area contributed by atoms with Crippen molar-refractivity contribution in [2.45, 2.75) is 18.6 Å². The molecule has 3 aromatic carbocycles. The van der Waals surface area contributed by atoms with Crippen molar-refractivity contribution < 1.29 is 22.8 Å². The Bertz CT molecular complexity index is 1180. The van der Waals surface area contributed by atoms with E-state index in [0.29, 0.717) is 6.42 Å². The van der Waals surface area contributed by atoms with Gasteiger partial charge in [0.1, 0.15) is 11.3 Å². The molecular weight excluding hydrogens is 411 g/mol. The highest BCUT2D eigenvalue weighted by molar-refractivity contribution is 7.53. The van der Waals surface area contributed by atoms with Gasteiger partial charge in [0.2, 0.25) is 0 Å². The van der Waals surface area contributed by atoms with Crippen molar-refractivity contribution in [1.29, 1.82) is 0 Å². The third-order valence-electron chi connectivity index (χ3n) is 4.69. The summed E-state index contributed by atoms with van der Waals surface area (Å²) in [7, 11) is -5.00. The van der Waals surface area contributed by atoms with Crippen molar-refractivity contribution in [3.05, 3.63) is 90.0 Å². The Morgan fingerprint density at radius 1 is 0.967 bits per heavy atom. The van der Waals surface area contributed by atoms with Crippen molar-refractivity contribution in [3.8, 4) is 5.75 Å². The molecule has 0 aliphatic rings. The van der Waals surface area contributed by atoms with Gasteiger partial charge in [-0.05, 0) is 41.8 Å². The van der Waals surface area contributed by atoms with E-state index < -0.39 is 13.8 Å². The molecule has 1 N–H and O–H groups in total. The van der Waals surface area contributed by atoms with Crippen LogP contribution < -0.4 is 4.52 Å². The third-order valence-corrected chi connectivity index (χ3v) is 5.66. The molecule has 4 aromatic rings. The number of fused-ring (bicyclic) bond motifs is 1. The number of halogens is 2. The molecule has 0 saturated heterocycles. The van der Waals surface area contributed by atoms with E-state index in [1.165, 1.54) is 12.1 Å². The van der Waals surface area contributed by atoms with E-state index in [0.717, 1.165) is 22.2 Å². The number of aromatic nitrogens is 3. The molecular formula is C21H18F2N3O3P. The van der Waals surface area contributed by atoms with Crippen molar-refractivity contribution in [2.24, 2.45) is 0 Å². The number of alkyl halides is 2. The lowest BCUT2D eigenvalue weighted by Crippen LogP contribution is -2.15. The van der Waals surface area contributed by atoms with E-state index in [9.17, 15) is 18.2 Å². The summed E-state index contributed by atoms with van der Waals surface area (Å²) in [4.78, 5) is 9.20.